The number of amides is 1. The molecule has 0 bridgehead atoms. The van der Waals surface area contributed by atoms with Crippen molar-refractivity contribution < 1.29 is 13.2 Å². The van der Waals surface area contributed by atoms with Crippen LogP contribution in [-0.2, 0) is 21.9 Å². The summed E-state index contributed by atoms with van der Waals surface area (Å²) >= 11 is 0. The average Bonchev–Trinajstić information content (AvgIpc) is 2.68. The van der Waals surface area contributed by atoms with E-state index in [1.54, 1.807) is 7.05 Å². The lowest BCUT2D eigenvalue weighted by Crippen LogP contribution is -2.47. The van der Waals surface area contributed by atoms with Crippen LogP contribution < -0.4 is 10.0 Å². The average molecular weight is 258 g/mol. The van der Waals surface area contributed by atoms with Gasteiger partial charge in [0.05, 0.1) is 6.20 Å². The van der Waals surface area contributed by atoms with Gasteiger partial charge in [-0.1, -0.05) is 0 Å². The lowest BCUT2D eigenvalue weighted by Gasteiger charge is -2.23. The van der Waals surface area contributed by atoms with Crippen molar-refractivity contribution in [2.75, 3.05) is 6.54 Å². The number of aromatic nitrogens is 2. The standard InChI is InChI=1S/C9H14N4O3S/c1-13-9(4-5-11-13)17(15,16)12-7-2-3-8(14)10-6-7/h4-5,7,12H,2-3,6H2,1H3,(H,10,14). The SMILES string of the molecule is Cn1nccc1S(=O)(=O)NC1CCC(=O)NC1. The molecule has 1 aliphatic rings. The summed E-state index contributed by atoms with van der Waals surface area (Å²) in [6.45, 7) is 0.329. The number of carbonyl (C=O) groups is 1. The number of nitrogens with zero attached hydrogens (tertiary/aromatic N) is 2. The number of rotatable bonds is 3. The van der Waals surface area contributed by atoms with E-state index < -0.39 is 10.0 Å². The summed E-state index contributed by atoms with van der Waals surface area (Å²) in [7, 11) is -2.00. The molecule has 1 atom stereocenters. The number of sulfonamides is 1. The predicted octanol–water partition coefficient (Wildman–Crippen LogP) is -1.02. The van der Waals surface area contributed by atoms with Gasteiger partial charge in [0.2, 0.25) is 5.91 Å². The van der Waals surface area contributed by atoms with Crippen LogP contribution in [0.15, 0.2) is 17.3 Å². The normalized spacial score (nSPS) is 21.2. The minimum atomic E-state index is -3.57. The van der Waals surface area contributed by atoms with Crippen LogP contribution in [0.3, 0.4) is 0 Å². The van der Waals surface area contributed by atoms with E-state index in [1.165, 1.54) is 16.9 Å². The van der Waals surface area contributed by atoms with E-state index in [0.29, 0.717) is 19.4 Å². The molecular weight excluding hydrogens is 244 g/mol. The molecule has 2 heterocycles. The van der Waals surface area contributed by atoms with Gasteiger partial charge < -0.3 is 5.32 Å². The minimum Gasteiger partial charge on any atom is -0.355 e. The first kappa shape index (κ1) is 12.1. The monoisotopic (exact) mass is 258 g/mol. The molecule has 1 aliphatic heterocycles. The van der Waals surface area contributed by atoms with Gasteiger partial charge in [-0.2, -0.15) is 5.10 Å². The second-order valence-electron chi connectivity index (χ2n) is 3.95. The Balaban J connectivity index is 2.08. The Kier molecular flexibility index (Phi) is 3.16. The van der Waals surface area contributed by atoms with Gasteiger partial charge in [0.25, 0.3) is 10.0 Å². The lowest BCUT2D eigenvalue weighted by atomic mass is 10.1. The topological polar surface area (TPSA) is 93.1 Å². The zero-order valence-electron chi connectivity index (χ0n) is 9.38. The van der Waals surface area contributed by atoms with Crippen molar-refractivity contribution in [3.63, 3.8) is 0 Å². The first-order chi connectivity index (χ1) is 7.99. The highest BCUT2D eigenvalue weighted by Crippen LogP contribution is 2.10. The Bertz CT molecular complexity index is 512. The molecule has 8 heteroatoms. The van der Waals surface area contributed by atoms with Gasteiger partial charge in [0.15, 0.2) is 5.03 Å². The molecule has 1 amide bonds. The molecule has 1 saturated heterocycles. The zero-order valence-corrected chi connectivity index (χ0v) is 10.2. The van der Waals surface area contributed by atoms with Crippen LogP contribution in [0.5, 0.6) is 0 Å². The molecule has 0 aromatic carbocycles. The number of carbonyl (C=O) groups excluding carboxylic acids is 1. The first-order valence-electron chi connectivity index (χ1n) is 5.26. The second-order valence-corrected chi connectivity index (χ2v) is 5.61. The van der Waals surface area contributed by atoms with Crippen molar-refractivity contribution in [1.29, 1.82) is 0 Å². The molecule has 1 fully saturated rings. The van der Waals surface area contributed by atoms with Crippen LogP contribution in [0, 0.1) is 0 Å². The fourth-order valence-corrected chi connectivity index (χ4v) is 3.13. The maximum Gasteiger partial charge on any atom is 0.258 e. The number of nitrogens with one attached hydrogen (secondary N) is 2. The summed E-state index contributed by atoms with van der Waals surface area (Å²) in [6, 6.07) is 1.18. The molecule has 7 nitrogen and oxygen atoms in total. The predicted molar refractivity (Wildman–Crippen MR) is 59.6 cm³/mol. The Morgan fingerprint density at radius 1 is 1.59 bits per heavy atom. The van der Waals surface area contributed by atoms with E-state index in [-0.39, 0.29) is 17.0 Å². The third-order valence-corrected chi connectivity index (χ3v) is 4.23. The van der Waals surface area contributed by atoms with Crippen molar-refractivity contribution >= 4 is 15.9 Å². The quantitative estimate of drug-likeness (QED) is 0.725. The smallest absolute Gasteiger partial charge is 0.258 e. The molecule has 1 unspecified atom stereocenters. The molecule has 0 spiro atoms. The van der Waals surface area contributed by atoms with Crippen LogP contribution in [0.1, 0.15) is 12.8 Å². The lowest BCUT2D eigenvalue weighted by molar-refractivity contribution is -0.122. The molecule has 0 radical (unpaired) electrons. The van der Waals surface area contributed by atoms with Crippen LogP contribution in [-0.4, -0.2) is 36.7 Å². The number of piperidine rings is 1. The van der Waals surface area contributed by atoms with Crippen LogP contribution in [0.2, 0.25) is 0 Å². The first-order valence-corrected chi connectivity index (χ1v) is 6.74. The van der Waals surface area contributed by atoms with Crippen molar-refractivity contribution in [2.24, 2.45) is 7.05 Å². The third kappa shape index (κ3) is 2.64. The van der Waals surface area contributed by atoms with E-state index in [2.05, 4.69) is 15.1 Å². The zero-order chi connectivity index (χ0) is 12.5. The Morgan fingerprint density at radius 2 is 2.35 bits per heavy atom. The van der Waals surface area contributed by atoms with Crippen LogP contribution in [0.25, 0.3) is 0 Å². The molecule has 0 saturated carbocycles. The maximum absolute atomic E-state index is 12.0. The van der Waals surface area contributed by atoms with Gasteiger partial charge in [-0.15, -0.1) is 0 Å². The van der Waals surface area contributed by atoms with E-state index in [9.17, 15) is 13.2 Å². The van der Waals surface area contributed by atoms with Gasteiger partial charge >= 0.3 is 0 Å². The van der Waals surface area contributed by atoms with E-state index in [4.69, 9.17) is 0 Å². The van der Waals surface area contributed by atoms with Crippen LogP contribution in [0.4, 0.5) is 0 Å². The number of hydrogen-bond donors (Lipinski definition) is 2. The highest BCUT2D eigenvalue weighted by molar-refractivity contribution is 7.89. The van der Waals surface area contributed by atoms with E-state index in [1.807, 2.05) is 0 Å². The summed E-state index contributed by atoms with van der Waals surface area (Å²) < 4.78 is 27.8. The highest BCUT2D eigenvalue weighted by Gasteiger charge is 2.25. The van der Waals surface area contributed by atoms with Crippen molar-refractivity contribution in [1.82, 2.24) is 19.8 Å². The van der Waals surface area contributed by atoms with E-state index >= 15 is 0 Å². The molecule has 94 valence electrons. The fraction of sp³-hybridized carbons (Fsp3) is 0.556. The minimum absolute atomic E-state index is 0.0408. The van der Waals surface area contributed by atoms with Crippen molar-refractivity contribution in [2.45, 2.75) is 23.9 Å². The molecule has 17 heavy (non-hydrogen) atoms. The molecule has 1 aromatic rings. The molecule has 1 aromatic heterocycles. The Labute approximate surface area is 99.2 Å². The third-order valence-electron chi connectivity index (χ3n) is 2.64. The largest absolute Gasteiger partial charge is 0.355 e. The van der Waals surface area contributed by atoms with Crippen molar-refractivity contribution in [3.8, 4) is 0 Å². The maximum atomic E-state index is 12.0. The van der Waals surface area contributed by atoms with Gasteiger partial charge in [0, 0.05) is 26.1 Å². The molecule has 0 aliphatic carbocycles. The van der Waals surface area contributed by atoms with Gasteiger partial charge in [-0.05, 0) is 12.5 Å². The summed E-state index contributed by atoms with van der Waals surface area (Å²) in [5, 5.41) is 6.56. The molecular formula is C9H14N4O3S. The van der Waals surface area contributed by atoms with Gasteiger partial charge in [-0.25, -0.2) is 13.1 Å². The second kappa shape index (κ2) is 4.46. The summed E-state index contributed by atoms with van der Waals surface area (Å²) in [5.74, 6) is -0.0408. The summed E-state index contributed by atoms with van der Waals surface area (Å²) in [5.41, 5.74) is 0. The van der Waals surface area contributed by atoms with Crippen LogP contribution >= 0.6 is 0 Å². The Morgan fingerprint density at radius 3 is 2.88 bits per heavy atom. The van der Waals surface area contributed by atoms with E-state index in [0.717, 1.165) is 0 Å². The van der Waals surface area contributed by atoms with Crippen molar-refractivity contribution in [3.05, 3.63) is 12.3 Å². The Hall–Kier alpha value is -1.41. The molecule has 2 N–H and O–H groups in total. The van der Waals surface area contributed by atoms with Gasteiger partial charge in [0.1, 0.15) is 0 Å². The fourth-order valence-electron chi connectivity index (χ4n) is 1.74. The summed E-state index contributed by atoms with van der Waals surface area (Å²) in [4.78, 5) is 11.0. The number of hydrogen-bond acceptors (Lipinski definition) is 4. The number of aryl methyl sites for hydroxylation is 1. The highest BCUT2D eigenvalue weighted by atomic mass is 32.2. The summed E-state index contributed by atoms with van der Waals surface area (Å²) in [6.07, 6.45) is 2.29. The van der Waals surface area contributed by atoms with Gasteiger partial charge in [-0.3, -0.25) is 9.48 Å². The molecule has 2 rings (SSSR count).